The minimum Gasteiger partial charge on any atom is -0.481 e. The molecular weight excluding hydrogens is 638 g/mol. The summed E-state index contributed by atoms with van der Waals surface area (Å²) in [6.45, 7) is 16.8. The molecule has 51 heavy (non-hydrogen) atoms. The number of hydrogen-bond acceptors (Lipinski definition) is 5. The number of carboxylic acid groups (broad SMARTS) is 1. The lowest BCUT2D eigenvalue weighted by Gasteiger charge is -2.69. The van der Waals surface area contributed by atoms with E-state index in [-0.39, 0.29) is 57.6 Å². The normalized spacial score (nSPS) is 38.6. The second-order valence-electron chi connectivity index (χ2n) is 19.1. The van der Waals surface area contributed by atoms with E-state index in [0.717, 1.165) is 61.5 Å². The van der Waals surface area contributed by atoms with Crippen molar-refractivity contribution in [1.29, 1.82) is 0 Å². The second-order valence-corrected chi connectivity index (χ2v) is 19.1. The van der Waals surface area contributed by atoms with Gasteiger partial charge >= 0.3 is 11.9 Å². The summed E-state index contributed by atoms with van der Waals surface area (Å²) in [4.78, 5) is 53.0. The van der Waals surface area contributed by atoms with Gasteiger partial charge in [0, 0.05) is 35.5 Å². The van der Waals surface area contributed by atoms with Crippen LogP contribution in [0.5, 0.6) is 0 Å². The Bertz CT molecular complexity index is 1820. The molecule has 276 valence electrons. The number of hydrogen-bond donors (Lipinski definition) is 1. The van der Waals surface area contributed by atoms with Crippen LogP contribution < -0.4 is 0 Å². The van der Waals surface area contributed by atoms with Crippen LogP contribution in [0.25, 0.3) is 10.9 Å². The molecule has 0 aliphatic heterocycles. The summed E-state index contributed by atoms with van der Waals surface area (Å²) < 4.78 is 8.24. The van der Waals surface area contributed by atoms with Crippen molar-refractivity contribution in [2.45, 2.75) is 132 Å². The number of aryl methyl sites for hydroxylation is 2. The summed E-state index contributed by atoms with van der Waals surface area (Å²) in [5.74, 6) is -0.110. The average Bonchev–Trinajstić information content (AvgIpc) is 3.43. The highest BCUT2D eigenvalue weighted by atomic mass is 16.5. The number of esters is 1. The zero-order valence-electron chi connectivity index (χ0n) is 32.0. The van der Waals surface area contributed by atoms with Gasteiger partial charge in [-0.15, -0.1) is 0 Å². The van der Waals surface area contributed by atoms with E-state index < -0.39 is 16.8 Å². The molecule has 7 heteroatoms. The lowest BCUT2D eigenvalue weighted by molar-refractivity contribution is -0.188. The summed E-state index contributed by atoms with van der Waals surface area (Å²) in [5.41, 5.74) is 1.78. The molecule has 1 heterocycles. The third kappa shape index (κ3) is 5.40. The number of carboxylic acids is 1. The number of Topliss-reactive ketones (excluding diaryl/α,β-unsaturated/α-hetero) is 1. The fourth-order valence-corrected chi connectivity index (χ4v) is 12.7. The summed E-state index contributed by atoms with van der Waals surface area (Å²) in [6.07, 6.45) is 11.0. The number of aliphatic carboxylic acids is 1. The number of nitrogens with zero attached hydrogens (tertiary/aromatic N) is 1. The molecule has 1 aromatic carbocycles. The number of carbonyl (C=O) groups is 4. The van der Waals surface area contributed by atoms with Gasteiger partial charge in [-0.3, -0.25) is 19.2 Å². The Morgan fingerprint density at radius 3 is 2.41 bits per heavy atom. The molecule has 1 N–H and O–H groups in total. The Hall–Kier alpha value is -3.22. The maximum atomic E-state index is 14.6. The monoisotopic (exact) mass is 697 g/mol. The van der Waals surface area contributed by atoms with E-state index in [1.165, 1.54) is 5.57 Å². The van der Waals surface area contributed by atoms with Crippen molar-refractivity contribution in [3.63, 3.8) is 0 Å². The van der Waals surface area contributed by atoms with E-state index in [0.29, 0.717) is 44.6 Å². The molecule has 5 aliphatic carbocycles. The van der Waals surface area contributed by atoms with Crippen molar-refractivity contribution in [2.24, 2.45) is 50.2 Å². The number of benzene rings is 1. The fourth-order valence-electron chi connectivity index (χ4n) is 12.7. The van der Waals surface area contributed by atoms with E-state index in [9.17, 15) is 24.3 Å². The number of fused-ring (bicyclic) bond motifs is 8. The van der Waals surface area contributed by atoms with E-state index in [2.05, 4.69) is 65.2 Å². The first-order valence-electron chi connectivity index (χ1n) is 19.7. The molecule has 4 fully saturated rings. The molecule has 7 rings (SSSR count). The zero-order valence-corrected chi connectivity index (χ0v) is 32.0. The number of ketones is 2. The van der Waals surface area contributed by atoms with Crippen LogP contribution >= 0.6 is 0 Å². The molecule has 0 amide bonds. The molecular formula is C44H59NO6. The largest absolute Gasteiger partial charge is 0.481 e. The van der Waals surface area contributed by atoms with Gasteiger partial charge in [0.2, 0.25) is 0 Å². The van der Waals surface area contributed by atoms with Crippen molar-refractivity contribution in [2.75, 3.05) is 6.61 Å². The molecule has 0 saturated heterocycles. The number of allylic oxidation sites excluding steroid dienone is 2. The molecule has 8 atom stereocenters. The second kappa shape index (κ2) is 12.2. The summed E-state index contributed by atoms with van der Waals surface area (Å²) in [6, 6.07) is 10.2. The topological polar surface area (TPSA) is 103 Å². The highest BCUT2D eigenvalue weighted by molar-refractivity contribution is 5.96. The molecule has 7 nitrogen and oxygen atoms in total. The smallest absolute Gasteiger partial charge is 0.311 e. The first-order valence-corrected chi connectivity index (χ1v) is 19.7. The van der Waals surface area contributed by atoms with Gasteiger partial charge in [0.15, 0.2) is 5.78 Å². The van der Waals surface area contributed by atoms with Crippen molar-refractivity contribution in [3.8, 4) is 0 Å². The van der Waals surface area contributed by atoms with Crippen LogP contribution in [0.15, 0.2) is 42.0 Å². The standard InChI is InChI=1S/C44H59NO6/c1-39(2)34-15-18-44(7)37(42(34,5)17-16-35(39)47)33(46)26-30-31-27-41(4,20-19-40(31,3)21-22-43(30,44)6)38(50)51-24-10-23-45-29(13-14-36(48)49)25-28-11-8-9-12-32(28)45/h8-9,11-12,25-26,31,34,37H,10,13-24,27H2,1-7H3,(H,48,49)/t31-,34-,37+,40+,41-,42-,43+,44+/m0/s1. The maximum Gasteiger partial charge on any atom is 0.311 e. The predicted octanol–water partition coefficient (Wildman–Crippen LogP) is 9.14. The van der Waals surface area contributed by atoms with Gasteiger partial charge in [-0.05, 0) is 128 Å². The van der Waals surface area contributed by atoms with Crippen LogP contribution in [0.3, 0.4) is 0 Å². The zero-order chi connectivity index (χ0) is 36.8. The van der Waals surface area contributed by atoms with Crippen LogP contribution in [0, 0.1) is 50.2 Å². The van der Waals surface area contributed by atoms with E-state index in [1.54, 1.807) is 0 Å². The van der Waals surface area contributed by atoms with Crippen molar-refractivity contribution >= 4 is 34.4 Å². The third-order valence-electron chi connectivity index (χ3n) is 16.1. The highest BCUT2D eigenvalue weighted by Crippen LogP contribution is 2.74. The Balaban J connectivity index is 1.09. The predicted molar refractivity (Wildman–Crippen MR) is 198 cm³/mol. The number of ether oxygens (including phenoxy) is 1. The third-order valence-corrected chi connectivity index (χ3v) is 16.1. The number of para-hydroxylation sites is 1. The average molecular weight is 698 g/mol. The number of aromatic nitrogens is 1. The Labute approximate surface area is 304 Å². The Morgan fingerprint density at radius 2 is 1.67 bits per heavy atom. The highest BCUT2D eigenvalue weighted by Gasteiger charge is 2.70. The lowest BCUT2D eigenvalue weighted by atomic mass is 9.33. The van der Waals surface area contributed by atoms with E-state index in [1.807, 2.05) is 24.3 Å². The summed E-state index contributed by atoms with van der Waals surface area (Å²) in [5, 5.41) is 10.4. The van der Waals surface area contributed by atoms with Gasteiger partial charge in [-0.25, -0.2) is 0 Å². The quantitative estimate of drug-likeness (QED) is 0.218. The van der Waals surface area contributed by atoms with Crippen molar-refractivity contribution in [3.05, 3.63) is 47.7 Å². The molecule has 1 aromatic heterocycles. The Morgan fingerprint density at radius 1 is 0.941 bits per heavy atom. The minimum absolute atomic E-state index is 0.0385. The Kier molecular flexibility index (Phi) is 8.62. The van der Waals surface area contributed by atoms with E-state index in [4.69, 9.17) is 4.74 Å². The molecule has 2 aromatic rings. The molecule has 0 bridgehead atoms. The van der Waals surface area contributed by atoms with Gasteiger partial charge in [0.05, 0.1) is 18.4 Å². The maximum absolute atomic E-state index is 14.6. The molecule has 5 aliphatic rings. The first-order chi connectivity index (χ1) is 23.9. The molecule has 0 radical (unpaired) electrons. The van der Waals surface area contributed by atoms with Crippen molar-refractivity contribution in [1.82, 2.24) is 4.57 Å². The lowest BCUT2D eigenvalue weighted by Crippen LogP contribution is -2.66. The summed E-state index contributed by atoms with van der Waals surface area (Å²) >= 11 is 0. The number of carbonyl (C=O) groups excluding carboxylic acids is 3. The van der Waals surface area contributed by atoms with Crippen LogP contribution in [0.4, 0.5) is 0 Å². The fraction of sp³-hybridized carbons (Fsp3) is 0.682. The minimum atomic E-state index is -0.814. The summed E-state index contributed by atoms with van der Waals surface area (Å²) in [7, 11) is 0. The van der Waals surface area contributed by atoms with Crippen LogP contribution in [0.1, 0.15) is 125 Å². The van der Waals surface area contributed by atoms with Gasteiger partial charge in [0.1, 0.15) is 5.78 Å². The van der Waals surface area contributed by atoms with Gasteiger partial charge in [-0.1, -0.05) is 65.3 Å². The van der Waals surface area contributed by atoms with E-state index >= 15 is 0 Å². The molecule has 4 saturated carbocycles. The molecule has 0 unspecified atom stereocenters. The first kappa shape index (κ1) is 36.2. The van der Waals surface area contributed by atoms with Gasteiger partial charge in [-0.2, -0.15) is 0 Å². The van der Waals surface area contributed by atoms with Gasteiger partial charge in [0.25, 0.3) is 0 Å². The van der Waals surface area contributed by atoms with Crippen LogP contribution in [-0.2, 0) is 36.9 Å². The van der Waals surface area contributed by atoms with Crippen LogP contribution in [0.2, 0.25) is 0 Å². The van der Waals surface area contributed by atoms with Gasteiger partial charge < -0.3 is 14.4 Å². The van der Waals surface area contributed by atoms with Crippen molar-refractivity contribution < 1.29 is 29.0 Å². The van der Waals surface area contributed by atoms with Crippen LogP contribution in [-0.4, -0.2) is 39.8 Å². The molecule has 0 spiro atoms. The number of rotatable bonds is 8. The SMILES string of the molecule is CC1(C)C(=O)CC[C@]2(C)[C@H]3C(=O)C=C4[C@@H]5C[C@@](C)(C(=O)OCCCn6c(CCC(=O)O)cc7ccccc76)CC[C@]5(C)CC[C@@]4(C)[C@]3(C)CC[C@@H]12.